The van der Waals surface area contributed by atoms with Crippen LogP contribution in [-0.2, 0) is 4.79 Å². The SMILES string of the molecule is CCCCCCCCCCNC(=O)N[C@H]1CCCNC(=O)C1. The highest BCUT2D eigenvalue weighted by atomic mass is 16.2. The summed E-state index contributed by atoms with van der Waals surface area (Å²) in [5, 5.41) is 8.62. The Labute approximate surface area is 135 Å². The van der Waals surface area contributed by atoms with Gasteiger partial charge in [0.05, 0.1) is 0 Å². The number of carbonyl (C=O) groups is 2. The summed E-state index contributed by atoms with van der Waals surface area (Å²) in [5.41, 5.74) is 0. The van der Waals surface area contributed by atoms with Crippen LogP contribution in [0, 0.1) is 0 Å². The first kappa shape index (κ1) is 18.8. The minimum absolute atomic E-state index is 0.0268. The summed E-state index contributed by atoms with van der Waals surface area (Å²) in [5.74, 6) is 0.0332. The molecule has 0 bridgehead atoms. The standard InChI is InChI=1S/C17H33N3O2/c1-2-3-4-5-6-7-8-9-12-19-17(22)20-15-11-10-13-18-16(21)14-15/h15H,2-14H2,1H3,(H,18,21)(H2,19,20,22)/t15-/m0/s1. The van der Waals surface area contributed by atoms with Gasteiger partial charge in [-0.15, -0.1) is 0 Å². The largest absolute Gasteiger partial charge is 0.356 e. The van der Waals surface area contributed by atoms with E-state index in [4.69, 9.17) is 0 Å². The maximum atomic E-state index is 11.8. The molecule has 1 fully saturated rings. The monoisotopic (exact) mass is 311 g/mol. The first-order chi connectivity index (χ1) is 10.7. The quantitative estimate of drug-likeness (QED) is 0.543. The van der Waals surface area contributed by atoms with Gasteiger partial charge in [0.25, 0.3) is 0 Å². The van der Waals surface area contributed by atoms with Crippen molar-refractivity contribution in [3.63, 3.8) is 0 Å². The number of nitrogens with one attached hydrogen (secondary N) is 3. The van der Waals surface area contributed by atoms with Gasteiger partial charge in [0, 0.05) is 25.6 Å². The topological polar surface area (TPSA) is 70.2 Å². The Morgan fingerprint density at radius 1 is 1.14 bits per heavy atom. The minimum atomic E-state index is -0.136. The first-order valence-electron chi connectivity index (χ1n) is 9.03. The number of hydrogen-bond acceptors (Lipinski definition) is 2. The van der Waals surface area contributed by atoms with Crippen LogP contribution < -0.4 is 16.0 Å². The van der Waals surface area contributed by atoms with Crippen LogP contribution in [-0.4, -0.2) is 31.1 Å². The number of hydrogen-bond donors (Lipinski definition) is 3. The van der Waals surface area contributed by atoms with E-state index in [0.29, 0.717) is 6.42 Å². The second-order valence-corrected chi connectivity index (χ2v) is 6.27. The summed E-state index contributed by atoms with van der Waals surface area (Å²) in [6.07, 6.45) is 12.3. The van der Waals surface area contributed by atoms with Crippen molar-refractivity contribution in [1.29, 1.82) is 0 Å². The van der Waals surface area contributed by atoms with E-state index in [9.17, 15) is 9.59 Å². The van der Waals surface area contributed by atoms with Gasteiger partial charge in [-0.2, -0.15) is 0 Å². The van der Waals surface area contributed by atoms with E-state index in [1.807, 2.05) is 0 Å². The maximum absolute atomic E-state index is 11.8. The molecular weight excluding hydrogens is 278 g/mol. The highest BCUT2D eigenvalue weighted by Gasteiger charge is 2.18. The Hall–Kier alpha value is -1.26. The average Bonchev–Trinajstić information content (AvgIpc) is 2.69. The van der Waals surface area contributed by atoms with Gasteiger partial charge in [-0.3, -0.25) is 4.79 Å². The third-order valence-electron chi connectivity index (χ3n) is 4.13. The summed E-state index contributed by atoms with van der Waals surface area (Å²) in [6, 6.07) is -0.163. The van der Waals surface area contributed by atoms with Gasteiger partial charge >= 0.3 is 6.03 Å². The van der Waals surface area contributed by atoms with E-state index in [1.54, 1.807) is 0 Å². The van der Waals surface area contributed by atoms with Gasteiger partial charge in [0.2, 0.25) is 5.91 Å². The molecule has 5 nitrogen and oxygen atoms in total. The van der Waals surface area contributed by atoms with E-state index in [0.717, 1.165) is 32.4 Å². The molecule has 0 spiro atoms. The summed E-state index contributed by atoms with van der Waals surface area (Å²) in [7, 11) is 0. The van der Waals surface area contributed by atoms with Crippen LogP contribution in [0.25, 0.3) is 0 Å². The van der Waals surface area contributed by atoms with Crippen molar-refractivity contribution in [1.82, 2.24) is 16.0 Å². The molecule has 0 radical (unpaired) electrons. The van der Waals surface area contributed by atoms with Gasteiger partial charge in [-0.1, -0.05) is 51.9 Å². The van der Waals surface area contributed by atoms with Crippen molar-refractivity contribution in [3.05, 3.63) is 0 Å². The second kappa shape index (κ2) is 12.3. The summed E-state index contributed by atoms with van der Waals surface area (Å²) < 4.78 is 0. The fourth-order valence-corrected chi connectivity index (χ4v) is 2.79. The molecule has 0 aliphatic carbocycles. The molecule has 1 aliphatic rings. The first-order valence-corrected chi connectivity index (χ1v) is 9.03. The van der Waals surface area contributed by atoms with Crippen LogP contribution in [0.1, 0.15) is 77.6 Å². The molecule has 3 N–H and O–H groups in total. The third kappa shape index (κ3) is 9.64. The number of rotatable bonds is 10. The lowest BCUT2D eigenvalue weighted by Gasteiger charge is -2.15. The molecule has 0 aromatic carbocycles. The molecule has 0 unspecified atom stereocenters. The van der Waals surface area contributed by atoms with Crippen LogP contribution in [0.3, 0.4) is 0 Å². The molecule has 1 atom stereocenters. The lowest BCUT2D eigenvalue weighted by atomic mass is 10.1. The second-order valence-electron chi connectivity index (χ2n) is 6.27. The molecule has 0 aromatic heterocycles. The zero-order valence-electron chi connectivity index (χ0n) is 14.1. The van der Waals surface area contributed by atoms with Gasteiger partial charge < -0.3 is 16.0 Å². The maximum Gasteiger partial charge on any atom is 0.315 e. The highest BCUT2D eigenvalue weighted by molar-refractivity contribution is 5.79. The van der Waals surface area contributed by atoms with E-state index in [2.05, 4.69) is 22.9 Å². The Morgan fingerprint density at radius 3 is 2.55 bits per heavy atom. The van der Waals surface area contributed by atoms with Crippen molar-refractivity contribution in [2.75, 3.05) is 13.1 Å². The molecular formula is C17H33N3O2. The molecule has 0 saturated carbocycles. The summed E-state index contributed by atoms with van der Waals surface area (Å²) in [4.78, 5) is 23.2. The van der Waals surface area contributed by atoms with Crippen LogP contribution in [0.2, 0.25) is 0 Å². The number of carbonyl (C=O) groups excluding carboxylic acids is 2. The predicted octanol–water partition coefficient (Wildman–Crippen LogP) is 3.10. The van der Waals surface area contributed by atoms with Crippen LogP contribution in [0.4, 0.5) is 4.79 Å². The highest BCUT2D eigenvalue weighted by Crippen LogP contribution is 2.08. The number of amides is 3. The molecule has 5 heteroatoms. The number of unbranched alkanes of at least 4 members (excludes halogenated alkanes) is 7. The number of urea groups is 1. The van der Waals surface area contributed by atoms with Crippen LogP contribution >= 0.6 is 0 Å². The van der Waals surface area contributed by atoms with Crippen LogP contribution in [0.15, 0.2) is 0 Å². The van der Waals surface area contributed by atoms with Crippen molar-refractivity contribution >= 4 is 11.9 Å². The van der Waals surface area contributed by atoms with E-state index < -0.39 is 0 Å². The molecule has 0 aromatic rings. The Balaban J connectivity index is 1.95. The summed E-state index contributed by atoms with van der Waals surface area (Å²) >= 11 is 0. The molecule has 1 rings (SSSR count). The Morgan fingerprint density at radius 2 is 1.82 bits per heavy atom. The lowest BCUT2D eigenvalue weighted by Crippen LogP contribution is -2.43. The van der Waals surface area contributed by atoms with Crippen LogP contribution in [0.5, 0.6) is 0 Å². The van der Waals surface area contributed by atoms with Crippen molar-refractivity contribution in [2.45, 2.75) is 83.6 Å². The van der Waals surface area contributed by atoms with Gasteiger partial charge in [-0.25, -0.2) is 4.79 Å². The third-order valence-corrected chi connectivity index (χ3v) is 4.13. The molecule has 22 heavy (non-hydrogen) atoms. The smallest absolute Gasteiger partial charge is 0.315 e. The van der Waals surface area contributed by atoms with E-state index in [-0.39, 0.29) is 18.0 Å². The van der Waals surface area contributed by atoms with Crippen molar-refractivity contribution in [3.8, 4) is 0 Å². The Bertz CT molecular complexity index is 321. The molecule has 1 aliphatic heterocycles. The predicted molar refractivity (Wildman–Crippen MR) is 89.8 cm³/mol. The van der Waals surface area contributed by atoms with Gasteiger partial charge in [0.1, 0.15) is 0 Å². The van der Waals surface area contributed by atoms with Crippen molar-refractivity contribution in [2.24, 2.45) is 0 Å². The van der Waals surface area contributed by atoms with E-state index >= 15 is 0 Å². The molecule has 128 valence electrons. The van der Waals surface area contributed by atoms with Crippen molar-refractivity contribution < 1.29 is 9.59 Å². The zero-order chi connectivity index (χ0) is 16.0. The fraction of sp³-hybridized carbons (Fsp3) is 0.882. The summed E-state index contributed by atoms with van der Waals surface area (Å²) in [6.45, 7) is 3.68. The van der Waals surface area contributed by atoms with Gasteiger partial charge in [0.15, 0.2) is 0 Å². The zero-order valence-corrected chi connectivity index (χ0v) is 14.1. The lowest BCUT2D eigenvalue weighted by molar-refractivity contribution is -0.121. The molecule has 3 amide bonds. The van der Waals surface area contributed by atoms with Gasteiger partial charge in [-0.05, 0) is 19.3 Å². The normalized spacial score (nSPS) is 18.4. The fourth-order valence-electron chi connectivity index (χ4n) is 2.79. The molecule has 1 heterocycles. The minimum Gasteiger partial charge on any atom is -0.356 e. The average molecular weight is 311 g/mol. The molecule has 1 saturated heterocycles. The van der Waals surface area contributed by atoms with E-state index in [1.165, 1.54) is 44.9 Å². The Kier molecular flexibility index (Phi) is 10.5.